The van der Waals surface area contributed by atoms with Gasteiger partial charge in [-0.05, 0) is 36.2 Å². The SMILES string of the molecule is CC(C)c1cc(=S)n(-c2ccc(C(F)(F)F)cc2)[nH]1. The van der Waals surface area contributed by atoms with Crippen LogP contribution >= 0.6 is 12.2 Å². The molecule has 2 rings (SSSR count). The van der Waals surface area contributed by atoms with E-state index >= 15 is 0 Å². The third-order valence-corrected chi connectivity index (χ3v) is 3.12. The Morgan fingerprint density at radius 1 is 1.16 bits per heavy atom. The van der Waals surface area contributed by atoms with Crippen molar-refractivity contribution in [2.24, 2.45) is 0 Å². The number of H-pyrrole nitrogens is 1. The average molecular weight is 286 g/mol. The first-order valence-electron chi connectivity index (χ1n) is 5.78. The van der Waals surface area contributed by atoms with Gasteiger partial charge in [-0.3, -0.25) is 5.10 Å². The normalized spacial score (nSPS) is 12.1. The summed E-state index contributed by atoms with van der Waals surface area (Å²) >= 11 is 5.19. The molecule has 1 N–H and O–H groups in total. The van der Waals surface area contributed by atoms with Crippen LogP contribution in [0.15, 0.2) is 30.3 Å². The first kappa shape index (κ1) is 13.9. The van der Waals surface area contributed by atoms with Crippen molar-refractivity contribution >= 4 is 12.2 Å². The van der Waals surface area contributed by atoms with Gasteiger partial charge in [0.05, 0.1) is 11.3 Å². The summed E-state index contributed by atoms with van der Waals surface area (Å²) in [5, 5.41) is 3.09. The molecule has 102 valence electrons. The first-order valence-corrected chi connectivity index (χ1v) is 6.19. The van der Waals surface area contributed by atoms with Crippen molar-refractivity contribution in [1.29, 1.82) is 0 Å². The molecule has 0 radical (unpaired) electrons. The van der Waals surface area contributed by atoms with Crippen molar-refractivity contribution in [2.45, 2.75) is 25.9 Å². The zero-order valence-corrected chi connectivity index (χ0v) is 11.3. The van der Waals surface area contributed by atoms with E-state index in [-0.39, 0.29) is 5.92 Å². The van der Waals surface area contributed by atoms with E-state index in [9.17, 15) is 13.2 Å². The largest absolute Gasteiger partial charge is 0.416 e. The van der Waals surface area contributed by atoms with E-state index in [1.165, 1.54) is 12.1 Å². The molecule has 2 nitrogen and oxygen atoms in total. The number of nitrogens with zero attached hydrogens (tertiary/aromatic N) is 1. The van der Waals surface area contributed by atoms with Crippen LogP contribution in [0.1, 0.15) is 31.0 Å². The molecule has 1 heterocycles. The second-order valence-electron chi connectivity index (χ2n) is 4.58. The van der Waals surface area contributed by atoms with Gasteiger partial charge in [-0.1, -0.05) is 26.1 Å². The van der Waals surface area contributed by atoms with E-state index in [0.717, 1.165) is 17.8 Å². The molecule has 0 saturated heterocycles. The van der Waals surface area contributed by atoms with E-state index < -0.39 is 11.7 Å². The minimum Gasteiger partial charge on any atom is -0.297 e. The summed E-state index contributed by atoms with van der Waals surface area (Å²) in [6.45, 7) is 4.02. The zero-order chi connectivity index (χ0) is 14.2. The summed E-state index contributed by atoms with van der Waals surface area (Å²) < 4.78 is 39.6. The molecule has 0 unspecified atom stereocenters. The summed E-state index contributed by atoms with van der Waals surface area (Å²) in [6.07, 6.45) is -4.32. The Labute approximate surface area is 113 Å². The van der Waals surface area contributed by atoms with Crippen molar-refractivity contribution < 1.29 is 13.2 Å². The van der Waals surface area contributed by atoms with Gasteiger partial charge >= 0.3 is 6.18 Å². The van der Waals surface area contributed by atoms with E-state index in [1.54, 1.807) is 4.68 Å². The van der Waals surface area contributed by atoms with Gasteiger partial charge in [0.25, 0.3) is 0 Å². The number of hydrogen-bond acceptors (Lipinski definition) is 1. The maximum atomic E-state index is 12.5. The van der Waals surface area contributed by atoms with Crippen LogP contribution in [0.3, 0.4) is 0 Å². The van der Waals surface area contributed by atoms with Crippen molar-refractivity contribution in [3.8, 4) is 5.69 Å². The van der Waals surface area contributed by atoms with Gasteiger partial charge in [0.2, 0.25) is 0 Å². The minimum absolute atomic E-state index is 0.275. The molecule has 0 saturated carbocycles. The van der Waals surface area contributed by atoms with E-state index in [4.69, 9.17) is 12.2 Å². The number of benzene rings is 1. The first-order chi connectivity index (χ1) is 8.79. The standard InChI is InChI=1S/C13H13F3N2S/c1-8(2)11-7-12(19)18(17-11)10-5-3-9(4-6-10)13(14,15)16/h3-8,17H,1-2H3. The summed E-state index contributed by atoms with van der Waals surface area (Å²) in [5.74, 6) is 0.275. The second-order valence-corrected chi connectivity index (χ2v) is 5.00. The highest BCUT2D eigenvalue weighted by atomic mass is 32.1. The van der Waals surface area contributed by atoms with E-state index in [1.807, 2.05) is 19.9 Å². The zero-order valence-electron chi connectivity index (χ0n) is 10.5. The Bertz CT molecular complexity index is 621. The number of alkyl halides is 3. The lowest BCUT2D eigenvalue weighted by Gasteiger charge is -2.08. The van der Waals surface area contributed by atoms with Gasteiger partial charge in [0.15, 0.2) is 0 Å². The quantitative estimate of drug-likeness (QED) is 0.795. The van der Waals surface area contributed by atoms with Crippen LogP contribution in [0.25, 0.3) is 5.69 Å². The number of nitrogens with one attached hydrogen (secondary N) is 1. The highest BCUT2D eigenvalue weighted by Gasteiger charge is 2.30. The molecule has 0 fully saturated rings. The molecule has 1 aromatic heterocycles. The Balaban J connectivity index is 2.40. The number of hydrogen-bond donors (Lipinski definition) is 1. The predicted octanol–water partition coefficient (Wildman–Crippen LogP) is 4.68. The average Bonchev–Trinajstić information content (AvgIpc) is 2.70. The third-order valence-electron chi connectivity index (χ3n) is 2.82. The van der Waals surface area contributed by atoms with Crippen LogP contribution in [-0.4, -0.2) is 9.78 Å². The topological polar surface area (TPSA) is 20.7 Å². The fourth-order valence-corrected chi connectivity index (χ4v) is 1.98. The fourth-order valence-electron chi connectivity index (χ4n) is 1.70. The van der Waals surface area contributed by atoms with Gasteiger partial charge in [-0.15, -0.1) is 0 Å². The molecule has 2 aromatic rings. The molecule has 0 aliphatic rings. The molecule has 0 aliphatic carbocycles. The van der Waals surface area contributed by atoms with Gasteiger partial charge < -0.3 is 0 Å². The van der Waals surface area contributed by atoms with Crippen LogP contribution in [0.4, 0.5) is 13.2 Å². The highest BCUT2D eigenvalue weighted by molar-refractivity contribution is 7.71. The lowest BCUT2D eigenvalue weighted by Crippen LogP contribution is -2.05. The minimum atomic E-state index is -4.32. The number of aromatic amines is 1. The van der Waals surface area contributed by atoms with Crippen LogP contribution in [-0.2, 0) is 6.18 Å². The molecule has 1 aromatic carbocycles. The number of rotatable bonds is 2. The summed E-state index contributed by atoms with van der Waals surface area (Å²) in [7, 11) is 0. The molecule has 0 amide bonds. The van der Waals surface area contributed by atoms with Crippen molar-refractivity contribution in [3.63, 3.8) is 0 Å². The molecule has 0 bridgehead atoms. The Kier molecular flexibility index (Phi) is 3.54. The van der Waals surface area contributed by atoms with Crippen LogP contribution < -0.4 is 0 Å². The molecule has 0 aliphatic heterocycles. The summed E-state index contributed by atoms with van der Waals surface area (Å²) in [6, 6.07) is 6.72. The van der Waals surface area contributed by atoms with E-state index in [0.29, 0.717) is 10.3 Å². The molecule has 6 heteroatoms. The molecule has 0 spiro atoms. The molecular formula is C13H13F3N2S. The van der Waals surface area contributed by atoms with E-state index in [2.05, 4.69) is 5.10 Å². The molecule has 19 heavy (non-hydrogen) atoms. The maximum Gasteiger partial charge on any atom is 0.416 e. The van der Waals surface area contributed by atoms with Gasteiger partial charge in [-0.25, -0.2) is 4.68 Å². The van der Waals surface area contributed by atoms with Crippen LogP contribution in [0, 0.1) is 4.64 Å². The van der Waals surface area contributed by atoms with Crippen LogP contribution in [0.2, 0.25) is 0 Å². The maximum absolute atomic E-state index is 12.5. The summed E-state index contributed by atoms with van der Waals surface area (Å²) in [5.41, 5.74) is 0.869. The van der Waals surface area contributed by atoms with Crippen molar-refractivity contribution in [3.05, 3.63) is 46.2 Å². The Morgan fingerprint density at radius 3 is 2.16 bits per heavy atom. The van der Waals surface area contributed by atoms with Crippen molar-refractivity contribution in [1.82, 2.24) is 9.78 Å². The van der Waals surface area contributed by atoms with Crippen LogP contribution in [0.5, 0.6) is 0 Å². The lowest BCUT2D eigenvalue weighted by molar-refractivity contribution is -0.137. The molecule has 0 atom stereocenters. The lowest BCUT2D eigenvalue weighted by atomic mass is 10.1. The number of aromatic nitrogens is 2. The monoisotopic (exact) mass is 286 g/mol. The Morgan fingerprint density at radius 2 is 1.74 bits per heavy atom. The third kappa shape index (κ3) is 2.89. The summed E-state index contributed by atoms with van der Waals surface area (Å²) in [4.78, 5) is 0. The van der Waals surface area contributed by atoms with Gasteiger partial charge in [0, 0.05) is 5.69 Å². The van der Waals surface area contributed by atoms with Crippen molar-refractivity contribution in [2.75, 3.05) is 0 Å². The second kappa shape index (κ2) is 4.85. The number of halogens is 3. The smallest absolute Gasteiger partial charge is 0.297 e. The van der Waals surface area contributed by atoms with Gasteiger partial charge in [0.1, 0.15) is 4.64 Å². The van der Waals surface area contributed by atoms with Gasteiger partial charge in [-0.2, -0.15) is 13.2 Å². The fraction of sp³-hybridized carbons (Fsp3) is 0.308. The highest BCUT2D eigenvalue weighted by Crippen LogP contribution is 2.29. The predicted molar refractivity (Wildman–Crippen MR) is 70.0 cm³/mol. The Hall–Kier alpha value is -1.56. The molecular weight excluding hydrogens is 273 g/mol.